The number of carboxylic acids is 1. The first-order valence-electron chi connectivity index (χ1n) is 6.39. The van der Waals surface area contributed by atoms with E-state index in [-0.39, 0.29) is 12.0 Å². The Bertz CT molecular complexity index is 546. The van der Waals surface area contributed by atoms with Crippen molar-refractivity contribution in [1.29, 1.82) is 0 Å². The minimum absolute atomic E-state index is 0.114. The number of rotatable bonds is 6. The van der Waals surface area contributed by atoms with E-state index in [2.05, 4.69) is 5.32 Å². The predicted molar refractivity (Wildman–Crippen MR) is 73.7 cm³/mol. The van der Waals surface area contributed by atoms with E-state index in [9.17, 15) is 18.4 Å². The van der Waals surface area contributed by atoms with Gasteiger partial charge in [-0.15, -0.1) is 0 Å². The summed E-state index contributed by atoms with van der Waals surface area (Å²) in [5, 5.41) is 11.3. The van der Waals surface area contributed by atoms with Gasteiger partial charge in [-0.05, 0) is 32.4 Å². The fourth-order valence-corrected chi connectivity index (χ4v) is 1.68. The number of hydrogen-bond donors (Lipinski definition) is 2. The average molecular weight is 297 g/mol. The summed E-state index contributed by atoms with van der Waals surface area (Å²) in [6.45, 7) is 3.60. The summed E-state index contributed by atoms with van der Waals surface area (Å²) in [6.07, 6.45) is 1.24. The van der Waals surface area contributed by atoms with Crippen molar-refractivity contribution in [2.45, 2.75) is 32.7 Å². The van der Waals surface area contributed by atoms with Crippen LogP contribution < -0.4 is 5.32 Å². The second-order valence-corrected chi connectivity index (χ2v) is 4.85. The van der Waals surface area contributed by atoms with Gasteiger partial charge in [0.2, 0.25) is 5.91 Å². The van der Waals surface area contributed by atoms with Crippen LogP contribution in [0.5, 0.6) is 0 Å². The van der Waals surface area contributed by atoms with Gasteiger partial charge >= 0.3 is 5.97 Å². The third kappa shape index (κ3) is 5.33. The average Bonchev–Trinajstić information content (AvgIpc) is 2.38. The zero-order valence-corrected chi connectivity index (χ0v) is 11.8. The van der Waals surface area contributed by atoms with Crippen molar-refractivity contribution < 1.29 is 23.5 Å². The van der Waals surface area contributed by atoms with Crippen molar-refractivity contribution in [3.63, 3.8) is 0 Å². The molecule has 6 heteroatoms. The third-order valence-corrected chi connectivity index (χ3v) is 2.79. The van der Waals surface area contributed by atoms with Crippen LogP contribution in [-0.4, -0.2) is 23.0 Å². The molecule has 0 fully saturated rings. The van der Waals surface area contributed by atoms with E-state index in [0.717, 1.165) is 17.7 Å². The number of carbonyl (C=O) groups excluding carboxylic acids is 1. The minimum atomic E-state index is -1.20. The molecule has 1 amide bonds. The van der Waals surface area contributed by atoms with Crippen molar-refractivity contribution in [3.05, 3.63) is 47.0 Å². The molecule has 0 aliphatic carbocycles. The molecule has 1 atom stereocenters. The molecule has 0 aliphatic heterocycles. The van der Waals surface area contributed by atoms with E-state index in [0.29, 0.717) is 0 Å². The Morgan fingerprint density at radius 2 is 1.86 bits per heavy atom. The smallest absolute Gasteiger partial charge is 0.326 e. The van der Waals surface area contributed by atoms with Crippen molar-refractivity contribution in [2.75, 3.05) is 0 Å². The monoisotopic (exact) mass is 297 g/mol. The lowest BCUT2D eigenvalue weighted by Crippen LogP contribution is -2.41. The summed E-state index contributed by atoms with van der Waals surface area (Å²) in [4.78, 5) is 22.8. The SMILES string of the molecule is CC(C)=CC[C@@H](NC(=O)Cc1c(F)cccc1F)C(=O)O. The van der Waals surface area contributed by atoms with Crippen LogP contribution in [0, 0.1) is 11.6 Å². The van der Waals surface area contributed by atoms with E-state index in [4.69, 9.17) is 5.11 Å². The maximum Gasteiger partial charge on any atom is 0.326 e. The van der Waals surface area contributed by atoms with E-state index in [1.54, 1.807) is 19.9 Å². The van der Waals surface area contributed by atoms with Crippen molar-refractivity contribution in [3.8, 4) is 0 Å². The van der Waals surface area contributed by atoms with Crippen LogP contribution in [-0.2, 0) is 16.0 Å². The van der Waals surface area contributed by atoms with Gasteiger partial charge in [0.25, 0.3) is 0 Å². The predicted octanol–water partition coefficient (Wildman–Crippen LogP) is 2.43. The molecular weight excluding hydrogens is 280 g/mol. The Kier molecular flexibility index (Phi) is 6.02. The van der Waals surface area contributed by atoms with Gasteiger partial charge in [0, 0.05) is 5.56 Å². The van der Waals surface area contributed by atoms with Crippen LogP contribution in [0.15, 0.2) is 29.8 Å². The molecule has 4 nitrogen and oxygen atoms in total. The van der Waals surface area contributed by atoms with Crippen molar-refractivity contribution >= 4 is 11.9 Å². The summed E-state index contributed by atoms with van der Waals surface area (Å²) in [6, 6.07) is 2.16. The number of amides is 1. The molecule has 0 radical (unpaired) electrons. The standard InChI is InChI=1S/C15H17F2NO3/c1-9(2)6-7-13(15(20)21)18-14(19)8-10-11(16)4-3-5-12(10)17/h3-6,13H,7-8H2,1-2H3,(H,18,19)(H,20,21)/t13-/m1/s1. The molecule has 0 saturated carbocycles. The van der Waals surface area contributed by atoms with Crippen molar-refractivity contribution in [1.82, 2.24) is 5.32 Å². The number of nitrogens with one attached hydrogen (secondary N) is 1. The fraction of sp³-hybridized carbons (Fsp3) is 0.333. The Balaban J connectivity index is 2.75. The van der Waals surface area contributed by atoms with Gasteiger partial charge in [0.1, 0.15) is 17.7 Å². The molecule has 0 aromatic heterocycles. The number of carbonyl (C=O) groups is 2. The molecule has 0 aliphatic rings. The van der Waals surface area contributed by atoms with Crippen LogP contribution in [0.3, 0.4) is 0 Å². The molecule has 2 N–H and O–H groups in total. The van der Waals surface area contributed by atoms with Crippen LogP contribution in [0.4, 0.5) is 8.78 Å². The molecule has 21 heavy (non-hydrogen) atoms. The fourth-order valence-electron chi connectivity index (χ4n) is 1.68. The molecule has 0 spiro atoms. The number of aliphatic carboxylic acids is 1. The van der Waals surface area contributed by atoms with Gasteiger partial charge in [-0.2, -0.15) is 0 Å². The van der Waals surface area contributed by atoms with E-state index in [1.165, 1.54) is 6.07 Å². The molecule has 0 bridgehead atoms. The highest BCUT2D eigenvalue weighted by atomic mass is 19.1. The van der Waals surface area contributed by atoms with Gasteiger partial charge in [0.05, 0.1) is 6.42 Å². The highest BCUT2D eigenvalue weighted by Crippen LogP contribution is 2.12. The van der Waals surface area contributed by atoms with Gasteiger partial charge in [-0.3, -0.25) is 4.79 Å². The maximum atomic E-state index is 13.4. The summed E-state index contributed by atoms with van der Waals surface area (Å²) in [5.41, 5.74) is 0.539. The molecular formula is C15H17F2NO3. The highest BCUT2D eigenvalue weighted by Gasteiger charge is 2.20. The third-order valence-electron chi connectivity index (χ3n) is 2.79. The minimum Gasteiger partial charge on any atom is -0.480 e. The van der Waals surface area contributed by atoms with Gasteiger partial charge < -0.3 is 10.4 Å². The molecule has 0 unspecified atom stereocenters. The molecule has 114 valence electrons. The van der Waals surface area contributed by atoms with E-state index >= 15 is 0 Å². The van der Waals surface area contributed by atoms with Gasteiger partial charge in [-0.25, -0.2) is 13.6 Å². The number of carboxylic acid groups (broad SMARTS) is 1. The van der Waals surface area contributed by atoms with Gasteiger partial charge in [-0.1, -0.05) is 17.7 Å². The van der Waals surface area contributed by atoms with Gasteiger partial charge in [0.15, 0.2) is 0 Å². The largest absolute Gasteiger partial charge is 0.480 e. The summed E-state index contributed by atoms with van der Waals surface area (Å²) >= 11 is 0. The quantitative estimate of drug-likeness (QED) is 0.793. The van der Waals surface area contributed by atoms with E-state index in [1.807, 2.05) is 0 Å². The van der Waals surface area contributed by atoms with Crippen LogP contribution in [0.25, 0.3) is 0 Å². The Labute approximate surface area is 121 Å². The zero-order chi connectivity index (χ0) is 16.0. The van der Waals surface area contributed by atoms with Crippen LogP contribution >= 0.6 is 0 Å². The lowest BCUT2D eigenvalue weighted by molar-refractivity contribution is -0.141. The molecule has 1 aromatic carbocycles. The first-order valence-corrected chi connectivity index (χ1v) is 6.39. The summed E-state index contributed by atoms with van der Waals surface area (Å²) in [5.74, 6) is -3.61. The Morgan fingerprint density at radius 3 is 2.33 bits per heavy atom. The Hall–Kier alpha value is -2.24. The van der Waals surface area contributed by atoms with Crippen molar-refractivity contribution in [2.24, 2.45) is 0 Å². The Morgan fingerprint density at radius 1 is 1.29 bits per heavy atom. The first-order chi connectivity index (χ1) is 9.81. The normalized spacial score (nSPS) is 11.6. The number of hydrogen-bond acceptors (Lipinski definition) is 2. The highest BCUT2D eigenvalue weighted by molar-refractivity contribution is 5.85. The second-order valence-electron chi connectivity index (χ2n) is 4.85. The molecule has 1 aromatic rings. The lowest BCUT2D eigenvalue weighted by Gasteiger charge is -2.13. The summed E-state index contributed by atoms with van der Waals surface area (Å²) < 4.78 is 26.8. The number of allylic oxidation sites excluding steroid dienone is 1. The molecule has 1 rings (SSSR count). The maximum absolute atomic E-state index is 13.4. The number of halogens is 2. The molecule has 0 saturated heterocycles. The topological polar surface area (TPSA) is 66.4 Å². The summed E-state index contributed by atoms with van der Waals surface area (Å²) in [7, 11) is 0. The van der Waals surface area contributed by atoms with E-state index < -0.39 is 36.0 Å². The first kappa shape index (κ1) is 16.8. The van der Waals surface area contributed by atoms with Crippen LogP contribution in [0.1, 0.15) is 25.8 Å². The lowest BCUT2D eigenvalue weighted by atomic mass is 10.1. The van der Waals surface area contributed by atoms with Crippen LogP contribution in [0.2, 0.25) is 0 Å². The second kappa shape index (κ2) is 7.52. The molecule has 0 heterocycles. The zero-order valence-electron chi connectivity index (χ0n) is 11.8. The number of benzene rings is 1.